The van der Waals surface area contributed by atoms with Gasteiger partial charge < -0.3 is 19.9 Å². The number of amides is 2. The maximum absolute atomic E-state index is 13.0. The third kappa shape index (κ3) is 5.09. The van der Waals surface area contributed by atoms with Gasteiger partial charge in [-0.25, -0.2) is 9.97 Å². The van der Waals surface area contributed by atoms with Gasteiger partial charge in [-0.1, -0.05) is 0 Å². The third-order valence-corrected chi connectivity index (χ3v) is 8.01. The number of carbonyl (C=O) groups excluding carboxylic acids is 2. The minimum Gasteiger partial charge on any atom is -0.484 e. The zero-order valence-corrected chi connectivity index (χ0v) is 22.9. The molecule has 0 unspecified atom stereocenters. The van der Waals surface area contributed by atoms with Crippen molar-refractivity contribution in [3.8, 4) is 17.1 Å². The summed E-state index contributed by atoms with van der Waals surface area (Å²) >= 11 is 1.63. The lowest BCUT2D eigenvalue weighted by Crippen LogP contribution is -2.32. The van der Waals surface area contributed by atoms with Gasteiger partial charge in [-0.2, -0.15) is 0 Å². The average molecular weight is 540 g/mol. The van der Waals surface area contributed by atoms with Crippen LogP contribution in [0.25, 0.3) is 32.6 Å². The van der Waals surface area contributed by atoms with E-state index in [-0.39, 0.29) is 18.4 Å². The minimum absolute atomic E-state index is 0.0304. The molecule has 198 valence electrons. The van der Waals surface area contributed by atoms with E-state index in [2.05, 4.69) is 15.3 Å². The first-order valence-electron chi connectivity index (χ1n) is 13.0. The molecule has 5 aromatic rings. The predicted octanol–water partition coefficient (Wildman–Crippen LogP) is 6.02. The second-order valence-electron chi connectivity index (χ2n) is 10.00. The first kappa shape index (κ1) is 25.1. The van der Waals surface area contributed by atoms with E-state index in [4.69, 9.17) is 9.72 Å². The summed E-state index contributed by atoms with van der Waals surface area (Å²) in [5, 5.41) is 3.97. The second kappa shape index (κ2) is 10.1. The number of hydrogen-bond acceptors (Lipinski definition) is 6. The molecule has 0 saturated carbocycles. The number of aromatic nitrogens is 3. The van der Waals surface area contributed by atoms with E-state index in [0.29, 0.717) is 17.0 Å². The maximum Gasteiger partial charge on any atom is 0.260 e. The van der Waals surface area contributed by atoms with Crippen LogP contribution in [-0.4, -0.2) is 51.4 Å². The number of fused-ring (bicyclic) bond motifs is 2. The molecule has 0 spiro atoms. The van der Waals surface area contributed by atoms with Gasteiger partial charge in [0.1, 0.15) is 11.6 Å². The van der Waals surface area contributed by atoms with Crippen LogP contribution in [0.5, 0.6) is 5.75 Å². The number of hydrogen-bond donors (Lipinski definition) is 2. The van der Waals surface area contributed by atoms with Gasteiger partial charge in [-0.3, -0.25) is 9.59 Å². The number of ether oxygens (including phenoxy) is 1. The zero-order valence-electron chi connectivity index (χ0n) is 22.1. The SMILES string of the molecule is Cc1nc2cc(NC(=O)c3ccc4nc(-c5c(C)cc(OCC(=O)N6CCCC6)cc5C)[nH]c4c3)ccc2s1. The lowest BCUT2D eigenvalue weighted by Gasteiger charge is -2.16. The van der Waals surface area contributed by atoms with Crippen LogP contribution < -0.4 is 10.1 Å². The van der Waals surface area contributed by atoms with Gasteiger partial charge in [0.15, 0.2) is 6.61 Å². The number of H-pyrrole nitrogens is 1. The molecule has 0 radical (unpaired) electrons. The molecule has 2 amide bonds. The van der Waals surface area contributed by atoms with Crippen LogP contribution >= 0.6 is 11.3 Å². The van der Waals surface area contributed by atoms with Crippen molar-refractivity contribution in [2.24, 2.45) is 0 Å². The van der Waals surface area contributed by atoms with Crippen molar-refractivity contribution < 1.29 is 14.3 Å². The predicted molar refractivity (Wildman–Crippen MR) is 155 cm³/mol. The van der Waals surface area contributed by atoms with E-state index in [1.807, 2.05) is 68.1 Å². The first-order chi connectivity index (χ1) is 18.8. The number of likely N-dealkylation sites (tertiary alicyclic amines) is 1. The summed E-state index contributed by atoms with van der Waals surface area (Å²) in [6.07, 6.45) is 2.12. The molecule has 0 bridgehead atoms. The van der Waals surface area contributed by atoms with E-state index < -0.39 is 0 Å². The highest BCUT2D eigenvalue weighted by molar-refractivity contribution is 7.18. The first-order valence-corrected chi connectivity index (χ1v) is 13.9. The lowest BCUT2D eigenvalue weighted by atomic mass is 10.0. The van der Waals surface area contributed by atoms with Crippen molar-refractivity contribution in [3.63, 3.8) is 0 Å². The molecule has 1 saturated heterocycles. The number of thiazole rings is 1. The van der Waals surface area contributed by atoms with E-state index in [1.54, 1.807) is 17.4 Å². The topological polar surface area (TPSA) is 100 Å². The van der Waals surface area contributed by atoms with Crippen LogP contribution in [0.3, 0.4) is 0 Å². The molecular formula is C30H29N5O3S. The molecule has 1 fully saturated rings. The van der Waals surface area contributed by atoms with Gasteiger partial charge in [0.2, 0.25) is 0 Å². The maximum atomic E-state index is 13.0. The number of imidazole rings is 1. The Labute approximate surface area is 230 Å². The van der Waals surface area contributed by atoms with E-state index >= 15 is 0 Å². The molecule has 2 N–H and O–H groups in total. The van der Waals surface area contributed by atoms with Gasteiger partial charge in [0.05, 0.1) is 26.3 Å². The molecule has 9 heteroatoms. The zero-order chi connectivity index (χ0) is 27.1. The summed E-state index contributed by atoms with van der Waals surface area (Å²) in [6, 6.07) is 15.1. The largest absolute Gasteiger partial charge is 0.484 e. The summed E-state index contributed by atoms with van der Waals surface area (Å²) in [4.78, 5) is 39.9. The van der Waals surface area contributed by atoms with Gasteiger partial charge in [0, 0.05) is 29.9 Å². The summed E-state index contributed by atoms with van der Waals surface area (Å²) in [5.74, 6) is 1.23. The van der Waals surface area contributed by atoms with Crippen LogP contribution in [-0.2, 0) is 4.79 Å². The average Bonchev–Trinajstić information content (AvgIpc) is 3.65. The van der Waals surface area contributed by atoms with Crippen molar-refractivity contribution in [2.45, 2.75) is 33.6 Å². The summed E-state index contributed by atoms with van der Waals surface area (Å²) in [7, 11) is 0. The fraction of sp³-hybridized carbons (Fsp3) is 0.267. The molecule has 0 aliphatic carbocycles. The second-order valence-corrected chi connectivity index (χ2v) is 11.2. The summed E-state index contributed by atoms with van der Waals surface area (Å²) < 4.78 is 6.93. The highest BCUT2D eigenvalue weighted by atomic mass is 32.1. The Kier molecular flexibility index (Phi) is 6.52. The van der Waals surface area contributed by atoms with Crippen LogP contribution in [0.4, 0.5) is 5.69 Å². The standard InChI is InChI=1S/C30H29N5O3S/c1-17-12-22(38-16-27(36)35-10-4-5-11-35)13-18(2)28(17)29-33-23-8-6-20(14-24(23)34-29)30(37)32-21-7-9-26-25(15-21)31-19(3)39-26/h6-9,12-15H,4-5,10-11,16H2,1-3H3,(H,32,37)(H,33,34). The van der Waals surface area contributed by atoms with Crippen molar-refractivity contribution in [3.05, 3.63) is 70.2 Å². The Hall–Kier alpha value is -4.24. The minimum atomic E-state index is -0.198. The molecule has 8 nitrogen and oxygen atoms in total. The molecule has 1 aliphatic rings. The fourth-order valence-electron chi connectivity index (χ4n) is 5.18. The molecule has 3 heterocycles. The van der Waals surface area contributed by atoms with Crippen molar-refractivity contribution in [1.82, 2.24) is 19.9 Å². The van der Waals surface area contributed by atoms with Crippen molar-refractivity contribution in [2.75, 3.05) is 25.0 Å². The summed E-state index contributed by atoms with van der Waals surface area (Å²) in [6.45, 7) is 7.66. The Morgan fingerprint density at radius 3 is 2.51 bits per heavy atom. The molecule has 39 heavy (non-hydrogen) atoms. The number of benzene rings is 3. The summed E-state index contributed by atoms with van der Waals surface area (Å²) in [5.41, 5.74) is 6.62. The Balaban J connectivity index is 1.20. The van der Waals surface area contributed by atoms with Crippen molar-refractivity contribution in [1.29, 1.82) is 0 Å². The van der Waals surface area contributed by atoms with Gasteiger partial charge in [0.25, 0.3) is 11.8 Å². The Bertz CT molecular complexity index is 1710. The molecule has 2 aromatic heterocycles. The highest BCUT2D eigenvalue weighted by Gasteiger charge is 2.19. The molecule has 1 aliphatic heterocycles. The van der Waals surface area contributed by atoms with Gasteiger partial charge in [-0.15, -0.1) is 11.3 Å². The number of rotatable bonds is 6. The van der Waals surface area contributed by atoms with E-state index in [0.717, 1.165) is 74.7 Å². The molecule has 6 rings (SSSR count). The van der Waals surface area contributed by atoms with Crippen LogP contribution in [0.2, 0.25) is 0 Å². The quantitative estimate of drug-likeness (QED) is 0.275. The fourth-order valence-corrected chi connectivity index (χ4v) is 5.98. The van der Waals surface area contributed by atoms with Gasteiger partial charge >= 0.3 is 0 Å². The van der Waals surface area contributed by atoms with Gasteiger partial charge in [-0.05, 0) is 93.3 Å². The van der Waals surface area contributed by atoms with E-state index in [9.17, 15) is 9.59 Å². The van der Waals surface area contributed by atoms with Crippen LogP contribution in [0.15, 0.2) is 48.5 Å². The molecule has 3 aromatic carbocycles. The third-order valence-electron chi connectivity index (χ3n) is 7.06. The van der Waals surface area contributed by atoms with E-state index in [1.165, 1.54) is 0 Å². The van der Waals surface area contributed by atoms with Crippen molar-refractivity contribution >= 4 is 50.1 Å². The number of nitrogens with zero attached hydrogens (tertiary/aromatic N) is 3. The Morgan fingerprint density at radius 1 is 0.974 bits per heavy atom. The smallest absolute Gasteiger partial charge is 0.260 e. The number of anilines is 1. The Morgan fingerprint density at radius 2 is 1.74 bits per heavy atom. The number of aryl methyl sites for hydroxylation is 3. The molecular weight excluding hydrogens is 510 g/mol. The lowest BCUT2D eigenvalue weighted by molar-refractivity contribution is -0.132. The van der Waals surface area contributed by atoms with Crippen LogP contribution in [0, 0.1) is 20.8 Å². The number of nitrogens with one attached hydrogen (secondary N) is 2. The molecule has 0 atom stereocenters. The normalized spacial score (nSPS) is 13.4. The number of aromatic amines is 1. The van der Waals surface area contributed by atoms with Crippen LogP contribution in [0.1, 0.15) is 39.3 Å². The highest BCUT2D eigenvalue weighted by Crippen LogP contribution is 2.31. The monoisotopic (exact) mass is 539 g/mol. The number of carbonyl (C=O) groups is 2.